The fourth-order valence-electron chi connectivity index (χ4n) is 2.91. The van der Waals surface area contributed by atoms with Crippen molar-refractivity contribution in [3.05, 3.63) is 58.1 Å². The quantitative estimate of drug-likeness (QED) is 0.696. The van der Waals surface area contributed by atoms with Gasteiger partial charge in [-0.2, -0.15) is 0 Å². The highest BCUT2D eigenvalue weighted by atomic mass is 79.9. The zero-order valence-electron chi connectivity index (χ0n) is 14.5. The van der Waals surface area contributed by atoms with E-state index >= 15 is 0 Å². The zero-order valence-corrected chi connectivity index (χ0v) is 16.1. The Hall–Kier alpha value is -2.34. The minimum atomic E-state index is -0.573. The van der Waals surface area contributed by atoms with Crippen LogP contribution in [-0.4, -0.2) is 31.6 Å². The average molecular weight is 418 g/mol. The molecule has 1 aliphatic heterocycles. The Morgan fingerprint density at radius 1 is 1.15 bits per heavy atom. The molecule has 0 aliphatic carbocycles. The largest absolute Gasteiger partial charge is 0.481 e. The summed E-state index contributed by atoms with van der Waals surface area (Å²) >= 11 is 3.39. The molecule has 0 bridgehead atoms. The van der Waals surface area contributed by atoms with Crippen LogP contribution >= 0.6 is 15.9 Å². The van der Waals surface area contributed by atoms with Crippen LogP contribution in [0.3, 0.4) is 0 Å². The van der Waals surface area contributed by atoms with Gasteiger partial charge in [-0.25, -0.2) is 4.79 Å². The lowest BCUT2D eigenvalue weighted by Crippen LogP contribution is -2.38. The van der Waals surface area contributed by atoms with Crippen LogP contribution in [-0.2, 0) is 20.7 Å². The van der Waals surface area contributed by atoms with E-state index in [9.17, 15) is 9.59 Å². The van der Waals surface area contributed by atoms with Gasteiger partial charge in [0.1, 0.15) is 5.75 Å². The van der Waals surface area contributed by atoms with Crippen LogP contribution in [0.2, 0.25) is 0 Å². The maximum atomic E-state index is 12.4. The second-order valence-corrected chi connectivity index (χ2v) is 7.02. The standard InChI is InChI=1S/C20H20BrNO4/c1-14-8-9-18(16(21)11-14)25-13-20(24)26-12-19(23)22-10-4-6-15-5-2-3-7-17(15)22/h2-3,5,7-9,11H,4,6,10,12-13H2,1H3. The van der Waals surface area contributed by atoms with E-state index in [0.29, 0.717) is 12.3 Å². The van der Waals surface area contributed by atoms with E-state index in [0.717, 1.165) is 34.1 Å². The molecule has 5 nitrogen and oxygen atoms in total. The number of anilines is 1. The summed E-state index contributed by atoms with van der Waals surface area (Å²) in [5.74, 6) is -0.234. The number of benzene rings is 2. The molecule has 0 spiro atoms. The molecule has 1 amide bonds. The first-order valence-electron chi connectivity index (χ1n) is 8.47. The number of nitrogens with zero attached hydrogens (tertiary/aromatic N) is 1. The molecule has 6 heteroatoms. The molecular weight excluding hydrogens is 398 g/mol. The van der Waals surface area contributed by atoms with Crippen molar-refractivity contribution in [3.8, 4) is 5.75 Å². The maximum absolute atomic E-state index is 12.4. The minimum absolute atomic E-state index is 0.220. The first-order chi connectivity index (χ1) is 12.5. The summed E-state index contributed by atoms with van der Waals surface area (Å²) in [5.41, 5.74) is 3.13. The highest BCUT2D eigenvalue weighted by molar-refractivity contribution is 9.10. The third kappa shape index (κ3) is 4.43. The third-order valence-electron chi connectivity index (χ3n) is 4.20. The molecule has 0 atom stereocenters. The number of hydrogen-bond donors (Lipinski definition) is 0. The molecule has 0 saturated carbocycles. The second kappa shape index (κ2) is 8.36. The molecule has 3 rings (SSSR count). The fraction of sp³-hybridized carbons (Fsp3) is 0.300. The van der Waals surface area contributed by atoms with E-state index in [1.807, 2.05) is 43.3 Å². The van der Waals surface area contributed by atoms with Crippen LogP contribution in [0.25, 0.3) is 0 Å². The van der Waals surface area contributed by atoms with Gasteiger partial charge in [0.05, 0.1) is 4.47 Å². The lowest BCUT2D eigenvalue weighted by atomic mass is 10.0. The van der Waals surface area contributed by atoms with E-state index in [1.54, 1.807) is 11.0 Å². The van der Waals surface area contributed by atoms with Gasteiger partial charge in [-0.3, -0.25) is 4.79 Å². The van der Waals surface area contributed by atoms with Gasteiger partial charge >= 0.3 is 5.97 Å². The van der Waals surface area contributed by atoms with Crippen LogP contribution in [0, 0.1) is 6.92 Å². The molecule has 2 aromatic carbocycles. The predicted octanol–water partition coefficient (Wildman–Crippen LogP) is 3.66. The van der Waals surface area contributed by atoms with Gasteiger partial charge in [-0.05, 0) is 65.0 Å². The average Bonchev–Trinajstić information content (AvgIpc) is 2.65. The monoisotopic (exact) mass is 417 g/mol. The summed E-state index contributed by atoms with van der Waals surface area (Å²) in [6.45, 7) is 2.07. The Morgan fingerprint density at radius 2 is 1.96 bits per heavy atom. The summed E-state index contributed by atoms with van der Waals surface area (Å²) in [6.07, 6.45) is 1.86. The molecule has 0 fully saturated rings. The lowest BCUT2D eigenvalue weighted by Gasteiger charge is -2.29. The molecule has 26 heavy (non-hydrogen) atoms. The smallest absolute Gasteiger partial charge is 0.344 e. The highest BCUT2D eigenvalue weighted by Gasteiger charge is 2.23. The number of ether oxygens (including phenoxy) is 2. The molecule has 0 radical (unpaired) electrons. The van der Waals surface area contributed by atoms with Crippen molar-refractivity contribution in [1.82, 2.24) is 0 Å². The van der Waals surface area contributed by atoms with Crippen LogP contribution in [0.15, 0.2) is 46.9 Å². The van der Waals surface area contributed by atoms with Crippen LogP contribution < -0.4 is 9.64 Å². The van der Waals surface area contributed by atoms with Gasteiger partial charge in [0, 0.05) is 12.2 Å². The van der Waals surface area contributed by atoms with Crippen molar-refractivity contribution in [1.29, 1.82) is 0 Å². The lowest BCUT2D eigenvalue weighted by molar-refractivity contribution is -0.149. The van der Waals surface area contributed by atoms with Gasteiger partial charge < -0.3 is 14.4 Å². The van der Waals surface area contributed by atoms with Gasteiger partial charge in [0.15, 0.2) is 13.2 Å². The molecule has 1 aliphatic rings. The van der Waals surface area contributed by atoms with E-state index in [4.69, 9.17) is 9.47 Å². The normalized spacial score (nSPS) is 13.1. The third-order valence-corrected chi connectivity index (χ3v) is 4.82. The van der Waals surface area contributed by atoms with E-state index in [-0.39, 0.29) is 19.1 Å². The molecule has 136 valence electrons. The number of esters is 1. The second-order valence-electron chi connectivity index (χ2n) is 6.16. The Morgan fingerprint density at radius 3 is 2.77 bits per heavy atom. The van der Waals surface area contributed by atoms with E-state index in [2.05, 4.69) is 15.9 Å². The molecule has 0 unspecified atom stereocenters. The van der Waals surface area contributed by atoms with Gasteiger partial charge in [-0.15, -0.1) is 0 Å². The number of carbonyl (C=O) groups is 2. The SMILES string of the molecule is Cc1ccc(OCC(=O)OCC(=O)N2CCCc3ccccc32)c(Br)c1. The molecular formula is C20H20BrNO4. The number of hydrogen-bond acceptors (Lipinski definition) is 4. The van der Waals surface area contributed by atoms with Crippen molar-refractivity contribution < 1.29 is 19.1 Å². The van der Waals surface area contributed by atoms with Crippen molar-refractivity contribution >= 4 is 33.5 Å². The Labute approximate surface area is 161 Å². The Bertz CT molecular complexity index is 821. The number of para-hydroxylation sites is 1. The Balaban J connectivity index is 1.51. The van der Waals surface area contributed by atoms with Gasteiger partial charge in [0.25, 0.3) is 5.91 Å². The number of rotatable bonds is 5. The Kier molecular flexibility index (Phi) is 5.93. The number of aryl methyl sites for hydroxylation is 2. The number of halogens is 1. The van der Waals surface area contributed by atoms with Crippen LogP contribution in [0.1, 0.15) is 17.5 Å². The van der Waals surface area contributed by atoms with Gasteiger partial charge in [-0.1, -0.05) is 24.3 Å². The predicted molar refractivity (Wildman–Crippen MR) is 102 cm³/mol. The highest BCUT2D eigenvalue weighted by Crippen LogP contribution is 2.27. The summed E-state index contributed by atoms with van der Waals surface area (Å²) in [7, 11) is 0. The molecule has 2 aromatic rings. The van der Waals surface area contributed by atoms with Crippen molar-refractivity contribution in [2.75, 3.05) is 24.7 Å². The first-order valence-corrected chi connectivity index (χ1v) is 9.27. The fourth-order valence-corrected chi connectivity index (χ4v) is 3.52. The maximum Gasteiger partial charge on any atom is 0.344 e. The molecule has 0 aromatic heterocycles. The minimum Gasteiger partial charge on any atom is -0.481 e. The summed E-state index contributed by atoms with van der Waals surface area (Å²) in [6, 6.07) is 13.4. The van der Waals surface area contributed by atoms with Gasteiger partial charge in [0.2, 0.25) is 0 Å². The summed E-state index contributed by atoms with van der Waals surface area (Å²) in [4.78, 5) is 26.0. The van der Waals surface area contributed by atoms with Crippen LogP contribution in [0.4, 0.5) is 5.69 Å². The molecule has 1 heterocycles. The van der Waals surface area contributed by atoms with Crippen molar-refractivity contribution in [2.24, 2.45) is 0 Å². The molecule has 0 N–H and O–H groups in total. The summed E-state index contributed by atoms with van der Waals surface area (Å²) in [5, 5.41) is 0. The topological polar surface area (TPSA) is 55.8 Å². The number of amides is 1. The van der Waals surface area contributed by atoms with E-state index in [1.165, 1.54) is 0 Å². The zero-order chi connectivity index (χ0) is 18.5. The first kappa shape index (κ1) is 18.5. The molecule has 0 saturated heterocycles. The van der Waals surface area contributed by atoms with Crippen molar-refractivity contribution in [2.45, 2.75) is 19.8 Å². The van der Waals surface area contributed by atoms with E-state index < -0.39 is 5.97 Å². The summed E-state index contributed by atoms with van der Waals surface area (Å²) < 4.78 is 11.3. The number of fused-ring (bicyclic) bond motifs is 1. The number of carbonyl (C=O) groups excluding carboxylic acids is 2. The van der Waals surface area contributed by atoms with Crippen molar-refractivity contribution in [3.63, 3.8) is 0 Å². The van der Waals surface area contributed by atoms with Crippen LogP contribution in [0.5, 0.6) is 5.75 Å².